The van der Waals surface area contributed by atoms with Crippen molar-refractivity contribution in [3.05, 3.63) is 23.8 Å². The molecule has 0 aromatic heterocycles. The molecule has 2 aliphatic rings. The summed E-state index contributed by atoms with van der Waals surface area (Å²) < 4.78 is 11.6. The second-order valence-electron chi connectivity index (χ2n) is 6.18. The molecule has 0 unspecified atom stereocenters. The van der Waals surface area contributed by atoms with Gasteiger partial charge in [0.05, 0.1) is 13.2 Å². The minimum absolute atomic E-state index is 0.183. The van der Waals surface area contributed by atoms with Crippen molar-refractivity contribution in [1.82, 2.24) is 4.90 Å². The highest BCUT2D eigenvalue weighted by Crippen LogP contribution is 2.34. The lowest BCUT2D eigenvalue weighted by atomic mass is 9.93. The molecule has 2 N–H and O–H groups in total. The Balaban J connectivity index is 1.61. The van der Waals surface area contributed by atoms with Crippen molar-refractivity contribution in [1.29, 1.82) is 0 Å². The van der Waals surface area contributed by atoms with Gasteiger partial charge in [0.2, 0.25) is 5.91 Å². The lowest BCUT2D eigenvalue weighted by Crippen LogP contribution is -2.34. The van der Waals surface area contributed by atoms with Gasteiger partial charge in [0.25, 0.3) is 0 Å². The van der Waals surface area contributed by atoms with E-state index in [1.165, 1.54) is 5.56 Å². The van der Waals surface area contributed by atoms with Gasteiger partial charge in [-0.25, -0.2) is 0 Å². The molecule has 0 saturated carbocycles. The molecule has 0 bridgehead atoms. The highest BCUT2D eigenvalue weighted by molar-refractivity contribution is 5.73. The van der Waals surface area contributed by atoms with Crippen molar-refractivity contribution < 1.29 is 14.3 Å². The van der Waals surface area contributed by atoms with Crippen LogP contribution >= 0.6 is 0 Å². The topological polar surface area (TPSA) is 64.8 Å². The fourth-order valence-corrected chi connectivity index (χ4v) is 3.25. The largest absolute Gasteiger partial charge is 0.490 e. The van der Waals surface area contributed by atoms with Crippen LogP contribution in [-0.4, -0.2) is 37.1 Å². The number of carbonyl (C=O) groups excluding carboxylic acids is 1. The smallest absolute Gasteiger partial charge is 0.217 e. The number of benzene rings is 1. The van der Waals surface area contributed by atoms with Gasteiger partial charge in [0.15, 0.2) is 11.5 Å². The molecule has 2 heterocycles. The maximum absolute atomic E-state index is 11.0. The molecular weight excluding hydrogens is 280 g/mol. The first-order chi connectivity index (χ1) is 10.7. The number of hydrogen-bond acceptors (Lipinski definition) is 4. The number of piperidine rings is 1. The number of para-hydroxylation sites is 1. The molecule has 0 spiro atoms. The van der Waals surface area contributed by atoms with E-state index in [1.54, 1.807) is 0 Å². The molecule has 1 aromatic carbocycles. The fraction of sp³-hybridized carbons (Fsp3) is 0.588. The van der Waals surface area contributed by atoms with Gasteiger partial charge < -0.3 is 15.2 Å². The fourth-order valence-electron chi connectivity index (χ4n) is 3.25. The molecule has 120 valence electrons. The second-order valence-corrected chi connectivity index (χ2v) is 6.18. The van der Waals surface area contributed by atoms with Crippen LogP contribution < -0.4 is 15.2 Å². The van der Waals surface area contributed by atoms with Crippen LogP contribution in [0.1, 0.15) is 31.2 Å². The highest BCUT2D eigenvalue weighted by Gasteiger charge is 2.22. The summed E-state index contributed by atoms with van der Waals surface area (Å²) in [6.07, 6.45) is 3.52. The minimum Gasteiger partial charge on any atom is -0.490 e. The van der Waals surface area contributed by atoms with Gasteiger partial charge in [-0.05, 0) is 37.9 Å². The first-order valence-electron chi connectivity index (χ1n) is 8.10. The number of fused-ring (bicyclic) bond motifs is 1. The first kappa shape index (κ1) is 15.2. The Labute approximate surface area is 131 Å². The van der Waals surface area contributed by atoms with Gasteiger partial charge in [0, 0.05) is 24.9 Å². The van der Waals surface area contributed by atoms with Crippen molar-refractivity contribution in [3.8, 4) is 11.5 Å². The molecule has 2 aliphatic heterocycles. The van der Waals surface area contributed by atoms with Crippen LogP contribution in [0.5, 0.6) is 11.5 Å². The summed E-state index contributed by atoms with van der Waals surface area (Å²) in [5.41, 5.74) is 6.48. The van der Waals surface area contributed by atoms with E-state index in [1.807, 2.05) is 12.1 Å². The zero-order valence-corrected chi connectivity index (χ0v) is 12.9. The van der Waals surface area contributed by atoms with E-state index in [2.05, 4.69) is 11.0 Å². The zero-order chi connectivity index (χ0) is 15.4. The van der Waals surface area contributed by atoms with Crippen molar-refractivity contribution in [2.24, 2.45) is 11.7 Å². The van der Waals surface area contributed by atoms with E-state index < -0.39 is 0 Å². The van der Waals surface area contributed by atoms with Crippen LogP contribution in [0.25, 0.3) is 0 Å². The Morgan fingerprint density at radius 2 is 2.00 bits per heavy atom. The standard InChI is InChI=1S/C17H24N2O3/c18-16(20)11-13-5-7-19(8-6-13)12-14-3-1-4-15-17(14)22-10-2-9-21-15/h1,3-4,13H,2,5-12H2,(H2,18,20). The molecule has 0 aliphatic carbocycles. The Bertz CT molecular complexity index is 525. The number of primary amides is 1. The predicted octanol–water partition coefficient (Wildman–Crippen LogP) is 1.94. The Hall–Kier alpha value is -1.75. The molecule has 1 saturated heterocycles. The molecule has 1 aromatic rings. The Kier molecular flexibility index (Phi) is 4.83. The van der Waals surface area contributed by atoms with Crippen molar-refractivity contribution in [3.63, 3.8) is 0 Å². The van der Waals surface area contributed by atoms with E-state index >= 15 is 0 Å². The van der Waals surface area contributed by atoms with Crippen LogP contribution in [-0.2, 0) is 11.3 Å². The molecular formula is C17H24N2O3. The monoisotopic (exact) mass is 304 g/mol. The lowest BCUT2D eigenvalue weighted by Gasteiger charge is -2.31. The summed E-state index contributed by atoms with van der Waals surface area (Å²) >= 11 is 0. The summed E-state index contributed by atoms with van der Waals surface area (Å²) in [7, 11) is 0. The van der Waals surface area contributed by atoms with E-state index in [0.29, 0.717) is 18.9 Å². The van der Waals surface area contributed by atoms with Crippen molar-refractivity contribution in [2.75, 3.05) is 26.3 Å². The van der Waals surface area contributed by atoms with Crippen LogP contribution in [0, 0.1) is 5.92 Å². The number of carbonyl (C=O) groups is 1. The summed E-state index contributed by atoms with van der Waals surface area (Å²) in [5.74, 6) is 2.02. The third kappa shape index (κ3) is 3.71. The Morgan fingerprint density at radius 3 is 2.77 bits per heavy atom. The molecule has 5 nitrogen and oxygen atoms in total. The van der Waals surface area contributed by atoms with Gasteiger partial charge in [-0.1, -0.05) is 12.1 Å². The minimum atomic E-state index is -0.183. The van der Waals surface area contributed by atoms with E-state index in [9.17, 15) is 4.79 Å². The van der Waals surface area contributed by atoms with Crippen LogP contribution in [0.4, 0.5) is 0 Å². The van der Waals surface area contributed by atoms with Crippen LogP contribution in [0.15, 0.2) is 18.2 Å². The Morgan fingerprint density at radius 1 is 1.23 bits per heavy atom. The van der Waals surface area contributed by atoms with Crippen molar-refractivity contribution in [2.45, 2.75) is 32.2 Å². The van der Waals surface area contributed by atoms with Gasteiger partial charge in [-0.15, -0.1) is 0 Å². The van der Waals surface area contributed by atoms with E-state index in [4.69, 9.17) is 15.2 Å². The summed E-state index contributed by atoms with van der Waals surface area (Å²) in [6.45, 7) is 4.31. The number of likely N-dealkylation sites (tertiary alicyclic amines) is 1. The van der Waals surface area contributed by atoms with Gasteiger partial charge in [-0.2, -0.15) is 0 Å². The molecule has 0 atom stereocenters. The van der Waals surface area contributed by atoms with Gasteiger partial charge in [0.1, 0.15) is 0 Å². The maximum atomic E-state index is 11.0. The number of amides is 1. The maximum Gasteiger partial charge on any atom is 0.217 e. The average Bonchev–Trinajstić information content (AvgIpc) is 2.75. The number of nitrogens with two attached hydrogens (primary N) is 1. The number of ether oxygens (including phenoxy) is 2. The van der Waals surface area contributed by atoms with Gasteiger partial charge >= 0.3 is 0 Å². The normalized spacial score (nSPS) is 19.6. The third-order valence-corrected chi connectivity index (χ3v) is 4.44. The summed E-state index contributed by atoms with van der Waals surface area (Å²) in [4.78, 5) is 13.4. The SMILES string of the molecule is NC(=O)CC1CCN(Cc2cccc3c2OCCCO3)CC1. The molecule has 1 fully saturated rings. The molecule has 22 heavy (non-hydrogen) atoms. The predicted molar refractivity (Wildman–Crippen MR) is 83.9 cm³/mol. The molecule has 3 rings (SSSR count). The van der Waals surface area contributed by atoms with Crippen molar-refractivity contribution >= 4 is 5.91 Å². The zero-order valence-electron chi connectivity index (χ0n) is 12.9. The lowest BCUT2D eigenvalue weighted by molar-refractivity contribution is -0.119. The second kappa shape index (κ2) is 7.01. The third-order valence-electron chi connectivity index (χ3n) is 4.44. The average molecular weight is 304 g/mol. The molecule has 0 radical (unpaired) electrons. The highest BCUT2D eigenvalue weighted by atomic mass is 16.5. The van der Waals surface area contributed by atoms with E-state index in [0.717, 1.165) is 57.0 Å². The number of rotatable bonds is 4. The van der Waals surface area contributed by atoms with Crippen LogP contribution in [0.2, 0.25) is 0 Å². The van der Waals surface area contributed by atoms with Gasteiger partial charge in [-0.3, -0.25) is 9.69 Å². The van der Waals surface area contributed by atoms with E-state index in [-0.39, 0.29) is 5.91 Å². The summed E-state index contributed by atoms with van der Waals surface area (Å²) in [6, 6.07) is 6.12. The first-order valence-corrected chi connectivity index (χ1v) is 8.10. The summed E-state index contributed by atoms with van der Waals surface area (Å²) in [5, 5.41) is 0. The molecule has 5 heteroatoms. The molecule has 1 amide bonds. The number of nitrogens with zero attached hydrogens (tertiary/aromatic N) is 1. The van der Waals surface area contributed by atoms with Crippen LogP contribution in [0.3, 0.4) is 0 Å². The number of hydrogen-bond donors (Lipinski definition) is 1. The quantitative estimate of drug-likeness (QED) is 0.923.